The van der Waals surface area contributed by atoms with Crippen molar-refractivity contribution < 1.29 is 4.79 Å². The van der Waals surface area contributed by atoms with E-state index in [1.54, 1.807) is 0 Å². The van der Waals surface area contributed by atoms with Gasteiger partial charge in [-0.15, -0.1) is 0 Å². The molecule has 1 heterocycles. The van der Waals surface area contributed by atoms with Gasteiger partial charge in [-0.1, -0.05) is 13.0 Å². The highest BCUT2D eigenvalue weighted by molar-refractivity contribution is 5.83. The Morgan fingerprint density at radius 1 is 1.53 bits per heavy atom. The van der Waals surface area contributed by atoms with Crippen LogP contribution in [0.1, 0.15) is 18.1 Å². The lowest BCUT2D eigenvalue weighted by molar-refractivity contribution is -0.120. The Morgan fingerprint density at radius 3 is 3.05 bits per heavy atom. The molecule has 1 aliphatic rings. The van der Waals surface area contributed by atoms with Crippen LogP contribution in [0.25, 0.3) is 0 Å². The SMILES string of the molecule is CCNCc1ccc(N2CCNC(=O)C2)c(C#N)c1. The highest BCUT2D eigenvalue weighted by Gasteiger charge is 2.19. The normalized spacial score (nSPS) is 14.9. The van der Waals surface area contributed by atoms with E-state index in [4.69, 9.17) is 0 Å². The van der Waals surface area contributed by atoms with Crippen LogP contribution in [0, 0.1) is 11.3 Å². The van der Waals surface area contributed by atoms with Gasteiger partial charge in [0.25, 0.3) is 0 Å². The van der Waals surface area contributed by atoms with Gasteiger partial charge in [0.15, 0.2) is 0 Å². The van der Waals surface area contributed by atoms with Crippen molar-refractivity contribution in [3.8, 4) is 6.07 Å². The minimum Gasteiger partial charge on any atom is -0.359 e. The average molecular weight is 258 g/mol. The molecule has 0 spiro atoms. The fraction of sp³-hybridized carbons (Fsp3) is 0.429. The molecular weight excluding hydrogens is 240 g/mol. The van der Waals surface area contributed by atoms with E-state index < -0.39 is 0 Å². The summed E-state index contributed by atoms with van der Waals surface area (Å²) in [4.78, 5) is 13.4. The fourth-order valence-electron chi connectivity index (χ4n) is 2.17. The third-order valence-electron chi connectivity index (χ3n) is 3.14. The summed E-state index contributed by atoms with van der Waals surface area (Å²) >= 11 is 0. The van der Waals surface area contributed by atoms with Gasteiger partial charge >= 0.3 is 0 Å². The molecule has 19 heavy (non-hydrogen) atoms. The first-order valence-corrected chi connectivity index (χ1v) is 6.50. The monoisotopic (exact) mass is 258 g/mol. The summed E-state index contributed by atoms with van der Waals surface area (Å²) < 4.78 is 0. The Bertz CT molecular complexity index is 507. The van der Waals surface area contributed by atoms with Gasteiger partial charge in [-0.25, -0.2) is 0 Å². The molecule has 5 heteroatoms. The smallest absolute Gasteiger partial charge is 0.239 e. The highest BCUT2D eigenvalue weighted by atomic mass is 16.2. The second kappa shape index (κ2) is 6.21. The Balaban J connectivity index is 2.20. The van der Waals surface area contributed by atoms with Crippen LogP contribution in [0.2, 0.25) is 0 Å². The predicted octanol–water partition coefficient (Wildman–Crippen LogP) is 0.604. The van der Waals surface area contributed by atoms with Crippen LogP contribution in [0.15, 0.2) is 18.2 Å². The molecule has 2 N–H and O–H groups in total. The van der Waals surface area contributed by atoms with Crippen molar-refractivity contribution in [2.24, 2.45) is 0 Å². The Labute approximate surface area is 113 Å². The molecule has 1 saturated heterocycles. The minimum absolute atomic E-state index is 0.00636. The molecule has 5 nitrogen and oxygen atoms in total. The predicted molar refractivity (Wildman–Crippen MR) is 73.8 cm³/mol. The van der Waals surface area contributed by atoms with Crippen LogP contribution >= 0.6 is 0 Å². The molecule has 1 amide bonds. The summed E-state index contributed by atoms with van der Waals surface area (Å²) in [5.74, 6) is 0.00636. The molecule has 0 radical (unpaired) electrons. The summed E-state index contributed by atoms with van der Waals surface area (Å²) in [6.45, 7) is 5.39. The quantitative estimate of drug-likeness (QED) is 0.830. The van der Waals surface area contributed by atoms with Gasteiger partial charge in [-0.05, 0) is 24.2 Å². The van der Waals surface area contributed by atoms with Crippen LogP contribution < -0.4 is 15.5 Å². The van der Waals surface area contributed by atoms with E-state index >= 15 is 0 Å². The third kappa shape index (κ3) is 3.24. The molecule has 1 fully saturated rings. The second-order valence-corrected chi connectivity index (χ2v) is 4.52. The van der Waals surface area contributed by atoms with E-state index in [0.717, 1.165) is 30.9 Å². The van der Waals surface area contributed by atoms with Gasteiger partial charge in [-0.2, -0.15) is 5.26 Å². The first kappa shape index (κ1) is 13.4. The van der Waals surface area contributed by atoms with Crippen LogP contribution in [-0.2, 0) is 11.3 Å². The Hall–Kier alpha value is -2.06. The number of benzene rings is 1. The minimum atomic E-state index is 0.00636. The fourth-order valence-corrected chi connectivity index (χ4v) is 2.17. The summed E-state index contributed by atoms with van der Waals surface area (Å²) in [5, 5.41) is 15.3. The largest absolute Gasteiger partial charge is 0.359 e. The van der Waals surface area contributed by atoms with E-state index in [0.29, 0.717) is 18.7 Å². The van der Waals surface area contributed by atoms with Crippen LogP contribution in [0.3, 0.4) is 0 Å². The number of carbonyl (C=O) groups is 1. The summed E-state index contributed by atoms with van der Waals surface area (Å²) in [6.07, 6.45) is 0. The number of nitriles is 1. The van der Waals surface area contributed by atoms with E-state index in [2.05, 4.69) is 16.7 Å². The molecule has 0 aliphatic carbocycles. The molecule has 0 saturated carbocycles. The lowest BCUT2D eigenvalue weighted by Crippen LogP contribution is -2.47. The average Bonchev–Trinajstić information content (AvgIpc) is 2.44. The Kier molecular flexibility index (Phi) is 4.37. The molecule has 0 aromatic heterocycles. The van der Waals surface area contributed by atoms with Gasteiger partial charge in [0.05, 0.1) is 17.8 Å². The van der Waals surface area contributed by atoms with Crippen LogP contribution in [-0.4, -0.2) is 32.1 Å². The molecule has 1 aromatic carbocycles. The number of piperazine rings is 1. The summed E-state index contributed by atoms with van der Waals surface area (Å²) in [7, 11) is 0. The van der Waals surface area contributed by atoms with Crippen LogP contribution in [0.4, 0.5) is 5.69 Å². The number of nitrogens with one attached hydrogen (secondary N) is 2. The molecule has 0 bridgehead atoms. The zero-order valence-electron chi connectivity index (χ0n) is 11.1. The second-order valence-electron chi connectivity index (χ2n) is 4.52. The van der Waals surface area contributed by atoms with E-state index in [1.807, 2.05) is 30.0 Å². The number of amides is 1. The van der Waals surface area contributed by atoms with Crippen molar-refractivity contribution >= 4 is 11.6 Å². The standard InChI is InChI=1S/C14H18N4O/c1-2-16-9-11-3-4-13(12(7-11)8-15)18-6-5-17-14(19)10-18/h3-4,7,16H,2,5-6,9-10H2,1H3,(H,17,19). The number of rotatable bonds is 4. The number of hydrogen-bond donors (Lipinski definition) is 2. The Morgan fingerprint density at radius 2 is 2.37 bits per heavy atom. The molecule has 100 valence electrons. The lowest BCUT2D eigenvalue weighted by Gasteiger charge is -2.29. The van der Waals surface area contributed by atoms with Gasteiger partial charge in [-0.3, -0.25) is 4.79 Å². The van der Waals surface area contributed by atoms with Crippen LogP contribution in [0.5, 0.6) is 0 Å². The molecule has 1 aliphatic heterocycles. The maximum Gasteiger partial charge on any atom is 0.239 e. The lowest BCUT2D eigenvalue weighted by atomic mass is 10.1. The van der Waals surface area contributed by atoms with E-state index in [9.17, 15) is 10.1 Å². The molecule has 0 atom stereocenters. The zero-order valence-corrected chi connectivity index (χ0v) is 11.1. The zero-order chi connectivity index (χ0) is 13.7. The third-order valence-corrected chi connectivity index (χ3v) is 3.14. The van der Waals surface area contributed by atoms with Crippen molar-refractivity contribution in [1.29, 1.82) is 5.26 Å². The molecule has 2 rings (SSSR count). The summed E-state index contributed by atoms with van der Waals surface area (Å²) in [5.41, 5.74) is 2.56. The van der Waals surface area contributed by atoms with Crippen molar-refractivity contribution in [2.45, 2.75) is 13.5 Å². The topological polar surface area (TPSA) is 68.2 Å². The van der Waals surface area contributed by atoms with Crippen molar-refractivity contribution in [3.05, 3.63) is 29.3 Å². The van der Waals surface area contributed by atoms with E-state index in [-0.39, 0.29) is 5.91 Å². The number of carbonyl (C=O) groups excluding carboxylic acids is 1. The number of nitrogens with zero attached hydrogens (tertiary/aromatic N) is 2. The maximum absolute atomic E-state index is 11.4. The molecule has 0 unspecified atom stereocenters. The van der Waals surface area contributed by atoms with Gasteiger partial charge in [0.2, 0.25) is 5.91 Å². The highest BCUT2D eigenvalue weighted by Crippen LogP contribution is 2.22. The molecule has 1 aromatic rings. The van der Waals surface area contributed by atoms with Crippen molar-refractivity contribution in [1.82, 2.24) is 10.6 Å². The van der Waals surface area contributed by atoms with Gasteiger partial charge in [0, 0.05) is 19.6 Å². The van der Waals surface area contributed by atoms with Crippen molar-refractivity contribution in [2.75, 3.05) is 31.1 Å². The number of anilines is 1. The van der Waals surface area contributed by atoms with Crippen molar-refractivity contribution in [3.63, 3.8) is 0 Å². The first-order chi connectivity index (χ1) is 9.24. The summed E-state index contributed by atoms with van der Waals surface area (Å²) in [6, 6.07) is 8.06. The van der Waals surface area contributed by atoms with Gasteiger partial charge < -0.3 is 15.5 Å². The molecular formula is C14H18N4O. The maximum atomic E-state index is 11.4. The first-order valence-electron chi connectivity index (χ1n) is 6.50. The van der Waals surface area contributed by atoms with Gasteiger partial charge in [0.1, 0.15) is 6.07 Å². The number of hydrogen-bond acceptors (Lipinski definition) is 4. The van der Waals surface area contributed by atoms with E-state index in [1.165, 1.54) is 0 Å².